The second kappa shape index (κ2) is 6.89. The van der Waals surface area contributed by atoms with E-state index in [1.807, 2.05) is 30.3 Å². The first kappa shape index (κ1) is 15.0. The summed E-state index contributed by atoms with van der Waals surface area (Å²) < 4.78 is 5.00. The summed E-state index contributed by atoms with van der Waals surface area (Å²) >= 11 is 0. The molecule has 2 rings (SSSR count). The van der Waals surface area contributed by atoms with Gasteiger partial charge < -0.3 is 4.74 Å². The lowest BCUT2D eigenvalue weighted by Crippen LogP contribution is -2.38. The summed E-state index contributed by atoms with van der Waals surface area (Å²) in [4.78, 5) is 14.5. The van der Waals surface area contributed by atoms with Gasteiger partial charge >= 0.3 is 5.97 Å². The molecule has 20 heavy (non-hydrogen) atoms. The van der Waals surface area contributed by atoms with E-state index in [0.717, 1.165) is 24.6 Å². The predicted octanol–water partition coefficient (Wildman–Crippen LogP) is 3.06. The summed E-state index contributed by atoms with van der Waals surface area (Å²) in [5.74, 6) is 0.492. The van der Waals surface area contributed by atoms with Gasteiger partial charge in [-0.25, -0.2) is 0 Å². The Morgan fingerprint density at radius 2 is 1.95 bits per heavy atom. The lowest BCUT2D eigenvalue weighted by Gasteiger charge is -2.30. The summed E-state index contributed by atoms with van der Waals surface area (Å²) in [5, 5.41) is 0. The molecule has 0 radical (unpaired) electrons. The molecule has 1 aromatic carbocycles. The van der Waals surface area contributed by atoms with Gasteiger partial charge in [0.1, 0.15) is 0 Å². The highest BCUT2D eigenvalue weighted by molar-refractivity contribution is 5.78. The fraction of sp³-hybridized carbons (Fsp3) is 0.588. The highest BCUT2D eigenvalue weighted by Gasteiger charge is 2.30. The van der Waals surface area contributed by atoms with Crippen molar-refractivity contribution in [2.24, 2.45) is 5.92 Å². The summed E-state index contributed by atoms with van der Waals surface area (Å²) in [6, 6.07) is 10.4. The molecule has 0 aliphatic heterocycles. The number of methoxy groups -OCH3 is 1. The highest BCUT2D eigenvalue weighted by Crippen LogP contribution is 2.31. The van der Waals surface area contributed by atoms with E-state index in [0.29, 0.717) is 6.04 Å². The second-order valence-electron chi connectivity index (χ2n) is 5.98. The van der Waals surface area contributed by atoms with Gasteiger partial charge in [0.25, 0.3) is 0 Å². The zero-order chi connectivity index (χ0) is 14.5. The molecule has 1 aromatic rings. The SMILES string of the molecule is COC(=O)C(CN(CC1CC1)C(C)C)c1ccccc1. The number of carbonyl (C=O) groups excluding carboxylic acids is 1. The monoisotopic (exact) mass is 275 g/mol. The Bertz CT molecular complexity index is 426. The molecule has 110 valence electrons. The van der Waals surface area contributed by atoms with E-state index < -0.39 is 0 Å². The number of hydrogen-bond acceptors (Lipinski definition) is 3. The van der Waals surface area contributed by atoms with Crippen LogP contribution in [0.2, 0.25) is 0 Å². The maximum Gasteiger partial charge on any atom is 0.314 e. The van der Waals surface area contributed by atoms with Crippen molar-refractivity contribution in [2.75, 3.05) is 20.2 Å². The molecule has 1 aliphatic rings. The van der Waals surface area contributed by atoms with E-state index in [1.165, 1.54) is 20.0 Å². The topological polar surface area (TPSA) is 29.5 Å². The quantitative estimate of drug-likeness (QED) is 0.716. The Hall–Kier alpha value is -1.35. The van der Waals surface area contributed by atoms with Gasteiger partial charge in [-0.2, -0.15) is 0 Å². The predicted molar refractivity (Wildman–Crippen MR) is 80.6 cm³/mol. The number of benzene rings is 1. The second-order valence-corrected chi connectivity index (χ2v) is 5.98. The Balaban J connectivity index is 2.11. The minimum absolute atomic E-state index is 0.141. The average Bonchev–Trinajstić information content (AvgIpc) is 3.27. The van der Waals surface area contributed by atoms with Gasteiger partial charge in [0.15, 0.2) is 0 Å². The maximum atomic E-state index is 12.1. The van der Waals surface area contributed by atoms with Gasteiger partial charge in [-0.1, -0.05) is 30.3 Å². The van der Waals surface area contributed by atoms with Gasteiger partial charge in [-0.05, 0) is 38.2 Å². The van der Waals surface area contributed by atoms with Crippen LogP contribution in [0.4, 0.5) is 0 Å². The number of ether oxygens (including phenoxy) is 1. The summed E-state index contributed by atoms with van der Waals surface area (Å²) in [5.41, 5.74) is 1.04. The Labute approximate surface area is 121 Å². The van der Waals surface area contributed by atoms with Crippen LogP contribution in [-0.4, -0.2) is 37.1 Å². The first-order chi connectivity index (χ1) is 9.61. The van der Waals surface area contributed by atoms with Crippen molar-refractivity contribution in [1.29, 1.82) is 0 Å². The van der Waals surface area contributed by atoms with Crippen molar-refractivity contribution in [1.82, 2.24) is 4.90 Å². The van der Waals surface area contributed by atoms with E-state index in [9.17, 15) is 4.79 Å². The first-order valence-electron chi connectivity index (χ1n) is 7.48. The van der Waals surface area contributed by atoms with Crippen molar-refractivity contribution in [3.05, 3.63) is 35.9 Å². The van der Waals surface area contributed by atoms with E-state index in [2.05, 4.69) is 18.7 Å². The van der Waals surface area contributed by atoms with Crippen molar-refractivity contribution >= 4 is 5.97 Å². The zero-order valence-electron chi connectivity index (χ0n) is 12.7. The van der Waals surface area contributed by atoms with Crippen LogP contribution in [0, 0.1) is 5.92 Å². The van der Waals surface area contributed by atoms with Crippen LogP contribution in [0.5, 0.6) is 0 Å². The van der Waals surface area contributed by atoms with Crippen LogP contribution < -0.4 is 0 Å². The molecule has 0 amide bonds. The molecular formula is C17H25NO2. The molecule has 1 aliphatic carbocycles. The van der Waals surface area contributed by atoms with E-state index >= 15 is 0 Å². The van der Waals surface area contributed by atoms with Crippen molar-refractivity contribution in [2.45, 2.75) is 38.6 Å². The first-order valence-corrected chi connectivity index (χ1v) is 7.48. The maximum absolute atomic E-state index is 12.1. The summed E-state index contributed by atoms with van der Waals surface area (Å²) in [7, 11) is 1.47. The summed E-state index contributed by atoms with van der Waals surface area (Å²) in [6.45, 7) is 6.23. The zero-order valence-corrected chi connectivity index (χ0v) is 12.7. The van der Waals surface area contributed by atoms with E-state index in [-0.39, 0.29) is 11.9 Å². The Morgan fingerprint density at radius 3 is 2.45 bits per heavy atom. The Kier molecular flexibility index (Phi) is 5.18. The molecule has 1 unspecified atom stereocenters. The van der Waals surface area contributed by atoms with Gasteiger partial charge in [-0.15, -0.1) is 0 Å². The third-order valence-electron chi connectivity index (χ3n) is 4.02. The minimum Gasteiger partial charge on any atom is -0.469 e. The third-order valence-corrected chi connectivity index (χ3v) is 4.02. The fourth-order valence-electron chi connectivity index (χ4n) is 2.51. The third kappa shape index (κ3) is 4.07. The smallest absolute Gasteiger partial charge is 0.314 e. The number of hydrogen-bond donors (Lipinski definition) is 0. The van der Waals surface area contributed by atoms with Crippen LogP contribution in [0.3, 0.4) is 0 Å². The van der Waals surface area contributed by atoms with Crippen LogP contribution in [0.25, 0.3) is 0 Å². The minimum atomic E-state index is -0.192. The van der Waals surface area contributed by atoms with Gasteiger partial charge in [0.2, 0.25) is 0 Å². The molecule has 0 N–H and O–H groups in total. The fourth-order valence-corrected chi connectivity index (χ4v) is 2.51. The normalized spacial score (nSPS) is 16.4. The molecule has 1 fully saturated rings. The molecule has 3 heteroatoms. The van der Waals surface area contributed by atoms with Crippen LogP contribution >= 0.6 is 0 Å². The lowest BCUT2D eigenvalue weighted by atomic mass is 9.98. The molecule has 1 atom stereocenters. The van der Waals surface area contributed by atoms with Crippen LogP contribution in [-0.2, 0) is 9.53 Å². The molecule has 0 bridgehead atoms. The molecule has 1 saturated carbocycles. The van der Waals surface area contributed by atoms with Crippen molar-refractivity contribution in [3.63, 3.8) is 0 Å². The van der Waals surface area contributed by atoms with E-state index in [4.69, 9.17) is 4.74 Å². The van der Waals surface area contributed by atoms with Crippen molar-refractivity contribution < 1.29 is 9.53 Å². The number of rotatable bonds is 7. The van der Waals surface area contributed by atoms with Gasteiger partial charge in [0.05, 0.1) is 13.0 Å². The summed E-state index contributed by atoms with van der Waals surface area (Å²) in [6.07, 6.45) is 2.66. The average molecular weight is 275 g/mol. The van der Waals surface area contributed by atoms with Gasteiger partial charge in [-0.3, -0.25) is 9.69 Å². The number of esters is 1. The van der Waals surface area contributed by atoms with Gasteiger partial charge in [0, 0.05) is 19.1 Å². The molecule has 0 saturated heterocycles. The van der Waals surface area contributed by atoms with E-state index in [1.54, 1.807) is 0 Å². The molecule has 3 nitrogen and oxygen atoms in total. The Morgan fingerprint density at radius 1 is 1.30 bits per heavy atom. The number of nitrogens with zero attached hydrogens (tertiary/aromatic N) is 1. The molecule has 0 aromatic heterocycles. The lowest BCUT2D eigenvalue weighted by molar-refractivity contribution is -0.143. The van der Waals surface area contributed by atoms with Crippen molar-refractivity contribution in [3.8, 4) is 0 Å². The molecule has 0 heterocycles. The van der Waals surface area contributed by atoms with Crippen LogP contribution in [0.15, 0.2) is 30.3 Å². The largest absolute Gasteiger partial charge is 0.469 e. The number of carbonyl (C=O) groups is 1. The molecule has 0 spiro atoms. The standard InChI is InChI=1S/C17H25NO2/c1-13(2)18(11-14-9-10-14)12-16(17(19)20-3)15-7-5-4-6-8-15/h4-8,13-14,16H,9-12H2,1-3H3. The highest BCUT2D eigenvalue weighted by atomic mass is 16.5. The van der Waals surface area contributed by atoms with Crippen LogP contribution in [0.1, 0.15) is 38.2 Å². The molecular weight excluding hydrogens is 250 g/mol.